The van der Waals surface area contributed by atoms with E-state index in [1.54, 1.807) is 12.1 Å². The number of nitrogens with zero attached hydrogens (tertiary/aromatic N) is 1. The Hall–Kier alpha value is -1.51. The summed E-state index contributed by atoms with van der Waals surface area (Å²) in [5, 5.41) is 9.70. The third kappa shape index (κ3) is 2.46. The predicted octanol–water partition coefficient (Wildman–Crippen LogP) is 2.89. The molecule has 0 aromatic heterocycles. The molecule has 3 nitrogen and oxygen atoms in total. The fraction of sp³-hybridized carbons (Fsp3) is 0.500. The average molecular weight is 260 g/mol. The molecule has 1 aliphatic rings. The first kappa shape index (κ1) is 13.9. The summed E-state index contributed by atoms with van der Waals surface area (Å²) >= 11 is 0. The molecule has 1 heterocycles. The normalized spacial score (nSPS) is 24.3. The van der Waals surface area contributed by atoms with Gasteiger partial charge in [0.1, 0.15) is 5.75 Å². The van der Waals surface area contributed by atoms with Crippen molar-refractivity contribution in [2.24, 2.45) is 0 Å². The molecule has 0 aliphatic carbocycles. The molecule has 1 radical (unpaired) electrons. The molecule has 1 aromatic rings. The number of hydrogen-bond donors (Lipinski definition) is 1. The molecule has 3 heteroatoms. The summed E-state index contributed by atoms with van der Waals surface area (Å²) < 4.78 is 0. The lowest BCUT2D eigenvalue weighted by Crippen LogP contribution is -2.45. The maximum atomic E-state index is 12.8. The minimum Gasteiger partial charge on any atom is -0.508 e. The van der Waals surface area contributed by atoms with Crippen LogP contribution in [0.2, 0.25) is 0 Å². The summed E-state index contributed by atoms with van der Waals surface area (Å²) in [5.41, 5.74) is 0.438. The highest BCUT2D eigenvalue weighted by molar-refractivity contribution is 5.88. The minimum absolute atomic E-state index is 0.160. The van der Waals surface area contributed by atoms with Gasteiger partial charge in [-0.1, -0.05) is 25.5 Å². The summed E-state index contributed by atoms with van der Waals surface area (Å²) in [5.74, 6) is 0.386. The van der Waals surface area contributed by atoms with Gasteiger partial charge in [-0.25, -0.2) is 0 Å². The number of benzene rings is 1. The lowest BCUT2D eigenvalue weighted by molar-refractivity contribution is -0.136. The monoisotopic (exact) mass is 260 g/mol. The van der Waals surface area contributed by atoms with Crippen molar-refractivity contribution in [3.8, 4) is 5.75 Å². The number of carbonyl (C=O) groups excluding carboxylic acids is 1. The molecule has 0 spiro atoms. The van der Waals surface area contributed by atoms with Gasteiger partial charge in [-0.15, -0.1) is 0 Å². The molecule has 1 aliphatic heterocycles. The second kappa shape index (κ2) is 5.64. The van der Waals surface area contributed by atoms with Gasteiger partial charge in [0, 0.05) is 13.1 Å². The Kier molecular flexibility index (Phi) is 4.13. The van der Waals surface area contributed by atoms with Crippen LogP contribution < -0.4 is 0 Å². The molecule has 1 aromatic carbocycles. The van der Waals surface area contributed by atoms with E-state index in [1.165, 1.54) is 0 Å². The molecule has 0 saturated carbocycles. The van der Waals surface area contributed by atoms with Crippen LogP contribution in [0.5, 0.6) is 5.75 Å². The SMILES string of the molecule is [CH2]CN1CCCCC(CC)(c2cccc(O)c2)C1=O. The van der Waals surface area contributed by atoms with E-state index in [9.17, 15) is 9.90 Å². The number of phenolic OH excluding ortho intramolecular Hbond substituents is 1. The van der Waals surface area contributed by atoms with Gasteiger partial charge in [0.2, 0.25) is 5.91 Å². The average Bonchev–Trinajstić information content (AvgIpc) is 2.58. The maximum Gasteiger partial charge on any atom is 0.233 e. The van der Waals surface area contributed by atoms with Gasteiger partial charge < -0.3 is 10.0 Å². The van der Waals surface area contributed by atoms with Gasteiger partial charge in [-0.2, -0.15) is 0 Å². The second-order valence-electron chi connectivity index (χ2n) is 5.24. The Morgan fingerprint density at radius 3 is 2.84 bits per heavy atom. The Morgan fingerprint density at radius 2 is 2.21 bits per heavy atom. The van der Waals surface area contributed by atoms with E-state index in [4.69, 9.17) is 0 Å². The molecule has 1 amide bonds. The maximum absolute atomic E-state index is 12.8. The fourth-order valence-corrected chi connectivity index (χ4v) is 3.06. The highest BCUT2D eigenvalue weighted by Gasteiger charge is 2.42. The van der Waals surface area contributed by atoms with Crippen LogP contribution in [-0.4, -0.2) is 29.0 Å². The van der Waals surface area contributed by atoms with Gasteiger partial charge in [-0.3, -0.25) is 4.79 Å². The van der Waals surface area contributed by atoms with E-state index in [0.717, 1.165) is 37.8 Å². The number of phenols is 1. The van der Waals surface area contributed by atoms with Crippen LogP contribution >= 0.6 is 0 Å². The molecule has 103 valence electrons. The van der Waals surface area contributed by atoms with Crippen LogP contribution in [0.15, 0.2) is 24.3 Å². The smallest absolute Gasteiger partial charge is 0.233 e. The Morgan fingerprint density at radius 1 is 1.42 bits per heavy atom. The van der Waals surface area contributed by atoms with Crippen LogP contribution in [0.1, 0.15) is 38.2 Å². The van der Waals surface area contributed by atoms with Gasteiger partial charge >= 0.3 is 0 Å². The third-order valence-electron chi connectivity index (χ3n) is 4.25. The van der Waals surface area contributed by atoms with E-state index in [2.05, 4.69) is 13.8 Å². The number of hydrogen-bond acceptors (Lipinski definition) is 2. The van der Waals surface area contributed by atoms with Crippen molar-refractivity contribution in [3.63, 3.8) is 0 Å². The Bertz CT molecular complexity index is 458. The van der Waals surface area contributed by atoms with E-state index in [-0.39, 0.29) is 11.7 Å². The Labute approximate surface area is 115 Å². The lowest BCUT2D eigenvalue weighted by Gasteiger charge is -2.34. The largest absolute Gasteiger partial charge is 0.508 e. The molecule has 2 rings (SSSR count). The van der Waals surface area contributed by atoms with Crippen molar-refractivity contribution < 1.29 is 9.90 Å². The van der Waals surface area contributed by atoms with Crippen LogP contribution in [-0.2, 0) is 10.2 Å². The molecular weight excluding hydrogens is 238 g/mol. The van der Waals surface area contributed by atoms with Crippen LogP contribution in [0.4, 0.5) is 0 Å². The molecule has 1 unspecified atom stereocenters. The summed E-state index contributed by atoms with van der Waals surface area (Å²) in [6.45, 7) is 7.23. The number of carbonyl (C=O) groups is 1. The Balaban J connectivity index is 2.47. The number of rotatable bonds is 3. The quantitative estimate of drug-likeness (QED) is 0.907. The van der Waals surface area contributed by atoms with Crippen LogP contribution in [0.3, 0.4) is 0 Å². The molecule has 1 fully saturated rings. The standard InChI is InChI=1S/C16H22NO2/c1-3-16(13-8-7-9-14(18)12-13)10-5-6-11-17(4-2)15(16)19/h7-9,12,18H,2-6,10-11H2,1H3. The zero-order valence-electron chi connectivity index (χ0n) is 11.6. The van der Waals surface area contributed by atoms with Crippen molar-refractivity contribution in [1.82, 2.24) is 4.90 Å². The van der Waals surface area contributed by atoms with Crippen molar-refractivity contribution in [2.45, 2.75) is 38.0 Å². The molecular formula is C16H22NO2. The highest BCUT2D eigenvalue weighted by Crippen LogP contribution is 2.38. The topological polar surface area (TPSA) is 40.5 Å². The van der Waals surface area contributed by atoms with Gasteiger partial charge in [0.25, 0.3) is 0 Å². The van der Waals surface area contributed by atoms with Crippen LogP contribution in [0.25, 0.3) is 0 Å². The summed E-state index contributed by atoms with van der Waals surface area (Å²) in [6, 6.07) is 7.14. The molecule has 1 N–H and O–H groups in total. The molecule has 0 bridgehead atoms. The summed E-state index contributed by atoms with van der Waals surface area (Å²) in [6.07, 6.45) is 3.67. The first-order valence-corrected chi connectivity index (χ1v) is 7.02. The van der Waals surface area contributed by atoms with Crippen LogP contribution in [0, 0.1) is 6.92 Å². The van der Waals surface area contributed by atoms with Crippen molar-refractivity contribution in [3.05, 3.63) is 36.8 Å². The first-order valence-electron chi connectivity index (χ1n) is 7.02. The van der Waals surface area contributed by atoms with Gasteiger partial charge in [-0.05, 0) is 43.9 Å². The zero-order chi connectivity index (χ0) is 13.9. The molecule has 1 atom stereocenters. The minimum atomic E-state index is -0.493. The number of likely N-dealkylation sites (tertiary alicyclic amines) is 1. The third-order valence-corrected chi connectivity index (χ3v) is 4.25. The second-order valence-corrected chi connectivity index (χ2v) is 5.24. The van der Waals surface area contributed by atoms with E-state index in [0.29, 0.717) is 6.54 Å². The van der Waals surface area contributed by atoms with Crippen molar-refractivity contribution >= 4 is 5.91 Å². The number of amides is 1. The summed E-state index contributed by atoms with van der Waals surface area (Å²) in [4.78, 5) is 14.7. The van der Waals surface area contributed by atoms with E-state index in [1.807, 2.05) is 17.0 Å². The lowest BCUT2D eigenvalue weighted by atomic mass is 9.73. The number of aromatic hydroxyl groups is 1. The first-order chi connectivity index (χ1) is 9.14. The highest BCUT2D eigenvalue weighted by atomic mass is 16.3. The molecule has 1 saturated heterocycles. The zero-order valence-corrected chi connectivity index (χ0v) is 11.6. The van der Waals surface area contributed by atoms with Gasteiger partial charge in [0.05, 0.1) is 5.41 Å². The fourth-order valence-electron chi connectivity index (χ4n) is 3.06. The van der Waals surface area contributed by atoms with Crippen molar-refractivity contribution in [1.29, 1.82) is 0 Å². The van der Waals surface area contributed by atoms with E-state index < -0.39 is 5.41 Å². The molecule has 19 heavy (non-hydrogen) atoms. The van der Waals surface area contributed by atoms with E-state index >= 15 is 0 Å². The van der Waals surface area contributed by atoms with Gasteiger partial charge in [0.15, 0.2) is 0 Å². The van der Waals surface area contributed by atoms with Crippen molar-refractivity contribution in [2.75, 3.05) is 13.1 Å². The summed E-state index contributed by atoms with van der Waals surface area (Å²) in [7, 11) is 0. The predicted molar refractivity (Wildman–Crippen MR) is 75.9 cm³/mol.